The molecule has 1 aromatic heterocycles. The maximum Gasteiger partial charge on any atom is 0.326 e. The number of carbonyl (C=O) groups excluding carboxylic acids is 3. The number of pyridine rings is 1. The van der Waals surface area contributed by atoms with Gasteiger partial charge in [0.2, 0.25) is 5.91 Å². The number of aromatic nitrogens is 1. The van der Waals surface area contributed by atoms with Gasteiger partial charge in [0, 0.05) is 24.7 Å². The van der Waals surface area contributed by atoms with Gasteiger partial charge < -0.3 is 10.6 Å². The van der Waals surface area contributed by atoms with E-state index in [0.717, 1.165) is 25.0 Å². The summed E-state index contributed by atoms with van der Waals surface area (Å²) >= 11 is 0. The molecule has 0 bridgehead atoms. The molecule has 2 atom stereocenters. The zero-order chi connectivity index (χ0) is 22.2. The molecule has 3 aliphatic rings. The van der Waals surface area contributed by atoms with Crippen molar-refractivity contribution in [3.8, 4) is 0 Å². The van der Waals surface area contributed by atoms with Crippen LogP contribution in [0.25, 0.3) is 0 Å². The first-order chi connectivity index (χ1) is 14.8. The Labute approximate surface area is 183 Å². The Hall–Kier alpha value is -2.48. The minimum Gasteiger partial charge on any atom is -0.323 e. The molecule has 3 fully saturated rings. The molecule has 2 unspecified atom stereocenters. The lowest BCUT2D eigenvalue weighted by molar-refractivity contribution is -0.138. The molecule has 1 saturated carbocycles. The highest BCUT2D eigenvalue weighted by Crippen LogP contribution is 2.42. The van der Waals surface area contributed by atoms with E-state index in [1.165, 1.54) is 4.90 Å². The van der Waals surface area contributed by atoms with Crippen LogP contribution in [0.3, 0.4) is 0 Å². The highest BCUT2D eigenvalue weighted by Gasteiger charge is 2.58. The molecule has 168 valence electrons. The largest absolute Gasteiger partial charge is 0.326 e. The van der Waals surface area contributed by atoms with Crippen molar-refractivity contribution in [1.29, 1.82) is 0 Å². The quantitative estimate of drug-likeness (QED) is 0.721. The number of hydrogen-bond acceptors (Lipinski definition) is 5. The van der Waals surface area contributed by atoms with Crippen LogP contribution in [-0.2, 0) is 9.59 Å². The van der Waals surface area contributed by atoms with Gasteiger partial charge in [-0.25, -0.2) is 14.7 Å². The van der Waals surface area contributed by atoms with Crippen molar-refractivity contribution >= 4 is 23.7 Å². The molecule has 1 spiro atoms. The molecule has 0 aromatic carbocycles. The molecule has 2 saturated heterocycles. The van der Waals surface area contributed by atoms with Gasteiger partial charge in [-0.15, -0.1) is 0 Å². The van der Waals surface area contributed by atoms with E-state index in [-0.39, 0.29) is 35.6 Å². The van der Waals surface area contributed by atoms with Crippen molar-refractivity contribution in [2.24, 2.45) is 17.8 Å². The van der Waals surface area contributed by atoms with Gasteiger partial charge >= 0.3 is 6.03 Å². The van der Waals surface area contributed by atoms with Gasteiger partial charge in [0.1, 0.15) is 11.4 Å². The number of carbonyl (C=O) groups is 3. The number of nitrogens with zero attached hydrogens (tertiary/aromatic N) is 3. The van der Waals surface area contributed by atoms with Gasteiger partial charge in [-0.05, 0) is 56.6 Å². The van der Waals surface area contributed by atoms with Crippen LogP contribution in [0.1, 0.15) is 51.6 Å². The van der Waals surface area contributed by atoms with E-state index in [1.54, 1.807) is 6.07 Å². The number of amides is 4. The summed E-state index contributed by atoms with van der Waals surface area (Å²) in [4.78, 5) is 46.5. The van der Waals surface area contributed by atoms with Gasteiger partial charge in [-0.3, -0.25) is 14.5 Å². The Bertz CT molecular complexity index is 855. The van der Waals surface area contributed by atoms with Crippen LogP contribution >= 0.6 is 0 Å². The average Bonchev–Trinajstić information content (AvgIpc) is 2.98. The molecule has 4 amide bonds. The zero-order valence-electron chi connectivity index (χ0n) is 18.7. The van der Waals surface area contributed by atoms with Crippen LogP contribution in [-0.4, -0.2) is 57.9 Å². The standard InChI is InChI=1S/C23H33N5O3/c1-15-6-4-7-16(2)23(15)21(30)28(22(31)26-23)14-27-12-10-18(11-13-27)20(29)25-19-9-5-8-17(3)24-19/h5,8-9,15-16,18H,4,6-7,10-14H2,1-3H3,(H,26,31)(H,24,25,29). The number of imide groups is 1. The molecule has 4 rings (SSSR count). The molecule has 8 heteroatoms. The van der Waals surface area contributed by atoms with Gasteiger partial charge in [0.15, 0.2) is 0 Å². The minimum atomic E-state index is -0.756. The number of urea groups is 1. The van der Waals surface area contributed by atoms with Crippen LogP contribution in [0.2, 0.25) is 0 Å². The van der Waals surface area contributed by atoms with E-state index in [0.29, 0.717) is 38.4 Å². The predicted octanol–water partition coefficient (Wildman–Crippen LogP) is 2.74. The summed E-state index contributed by atoms with van der Waals surface area (Å²) < 4.78 is 0. The Morgan fingerprint density at radius 2 is 1.84 bits per heavy atom. The Kier molecular flexibility index (Phi) is 6.01. The van der Waals surface area contributed by atoms with E-state index in [4.69, 9.17) is 0 Å². The van der Waals surface area contributed by atoms with Crippen molar-refractivity contribution in [2.75, 3.05) is 25.1 Å². The molecule has 8 nitrogen and oxygen atoms in total. The number of rotatable bonds is 4. The third-order valence-electron chi connectivity index (χ3n) is 7.43. The fourth-order valence-electron chi connectivity index (χ4n) is 5.46. The Morgan fingerprint density at radius 3 is 2.48 bits per heavy atom. The van der Waals surface area contributed by atoms with Crippen LogP contribution in [0, 0.1) is 24.7 Å². The van der Waals surface area contributed by atoms with E-state index >= 15 is 0 Å². The number of anilines is 1. The maximum atomic E-state index is 13.3. The van der Waals surface area contributed by atoms with Crippen molar-refractivity contribution < 1.29 is 14.4 Å². The van der Waals surface area contributed by atoms with E-state index in [1.807, 2.05) is 19.1 Å². The number of likely N-dealkylation sites (tertiary alicyclic amines) is 1. The van der Waals surface area contributed by atoms with Crippen molar-refractivity contribution in [3.05, 3.63) is 23.9 Å². The summed E-state index contributed by atoms with van der Waals surface area (Å²) in [5.41, 5.74) is 0.106. The molecule has 1 aliphatic carbocycles. The second-order valence-electron chi connectivity index (χ2n) is 9.45. The van der Waals surface area contributed by atoms with E-state index in [9.17, 15) is 14.4 Å². The zero-order valence-corrected chi connectivity index (χ0v) is 18.7. The summed E-state index contributed by atoms with van der Waals surface area (Å²) in [5, 5.41) is 5.96. The summed E-state index contributed by atoms with van der Waals surface area (Å²) in [6, 6.07) is 5.28. The van der Waals surface area contributed by atoms with Crippen molar-refractivity contribution in [1.82, 2.24) is 20.1 Å². The molecular weight excluding hydrogens is 394 g/mol. The monoisotopic (exact) mass is 427 g/mol. The molecule has 1 aromatic rings. The molecular formula is C23H33N5O3. The number of piperidine rings is 1. The minimum absolute atomic E-state index is 0.0171. The third-order valence-corrected chi connectivity index (χ3v) is 7.43. The fraction of sp³-hybridized carbons (Fsp3) is 0.652. The van der Waals surface area contributed by atoms with Crippen LogP contribution < -0.4 is 10.6 Å². The highest BCUT2D eigenvalue weighted by atomic mass is 16.2. The van der Waals surface area contributed by atoms with Crippen LogP contribution in [0.5, 0.6) is 0 Å². The summed E-state index contributed by atoms with van der Waals surface area (Å²) in [6.07, 6.45) is 4.40. The number of aryl methyl sites for hydroxylation is 1. The van der Waals surface area contributed by atoms with Gasteiger partial charge in [-0.1, -0.05) is 26.3 Å². The lowest BCUT2D eigenvalue weighted by atomic mass is 9.67. The van der Waals surface area contributed by atoms with Gasteiger partial charge in [0.05, 0.1) is 6.67 Å². The molecule has 0 radical (unpaired) electrons. The van der Waals surface area contributed by atoms with E-state index in [2.05, 4.69) is 34.4 Å². The van der Waals surface area contributed by atoms with Crippen LogP contribution in [0.4, 0.5) is 10.6 Å². The van der Waals surface area contributed by atoms with Gasteiger partial charge in [0.25, 0.3) is 5.91 Å². The van der Waals surface area contributed by atoms with Gasteiger partial charge in [-0.2, -0.15) is 0 Å². The number of hydrogen-bond donors (Lipinski definition) is 2. The molecule has 31 heavy (non-hydrogen) atoms. The SMILES string of the molecule is Cc1cccc(NC(=O)C2CCN(CN3C(=O)NC4(C3=O)C(C)CCCC4C)CC2)n1. The van der Waals surface area contributed by atoms with Crippen LogP contribution in [0.15, 0.2) is 18.2 Å². The van der Waals surface area contributed by atoms with E-state index < -0.39 is 5.54 Å². The first-order valence-electron chi connectivity index (χ1n) is 11.4. The smallest absolute Gasteiger partial charge is 0.323 e. The molecule has 2 N–H and O–H groups in total. The topological polar surface area (TPSA) is 94.6 Å². The Morgan fingerprint density at radius 1 is 1.16 bits per heavy atom. The fourth-order valence-corrected chi connectivity index (χ4v) is 5.46. The molecule has 2 aliphatic heterocycles. The van der Waals surface area contributed by atoms with Crippen molar-refractivity contribution in [2.45, 2.75) is 58.4 Å². The summed E-state index contributed by atoms with van der Waals surface area (Å²) in [6.45, 7) is 7.68. The maximum absolute atomic E-state index is 13.3. The predicted molar refractivity (Wildman–Crippen MR) is 117 cm³/mol. The van der Waals surface area contributed by atoms with Crippen molar-refractivity contribution in [3.63, 3.8) is 0 Å². The summed E-state index contributed by atoms with van der Waals surface area (Å²) in [5.74, 6) is 0.669. The lowest BCUT2D eigenvalue weighted by Crippen LogP contribution is -2.59. The summed E-state index contributed by atoms with van der Waals surface area (Å²) in [7, 11) is 0. The number of nitrogens with one attached hydrogen (secondary N) is 2. The second kappa shape index (κ2) is 8.57. The Balaban J connectivity index is 1.33. The average molecular weight is 428 g/mol. The molecule has 3 heterocycles. The lowest BCUT2D eigenvalue weighted by Gasteiger charge is -2.42. The second-order valence-corrected chi connectivity index (χ2v) is 9.45. The highest BCUT2D eigenvalue weighted by molar-refractivity contribution is 6.07. The third kappa shape index (κ3) is 4.05. The normalized spacial score (nSPS) is 30.0. The first kappa shape index (κ1) is 21.7. The first-order valence-corrected chi connectivity index (χ1v) is 11.4.